The molecule has 2 aromatic carbocycles. The van der Waals surface area contributed by atoms with Crippen LogP contribution in [0.1, 0.15) is 185 Å². The molecule has 2 aromatic rings. The Morgan fingerprint density at radius 3 is 1.88 bits per heavy atom. The van der Waals surface area contributed by atoms with E-state index in [-0.39, 0.29) is 116 Å². The number of ether oxygens (including phenoxy) is 1. The SMILES string of the molecule is CC(=O)O[C@]1(C(C)=O)CC[C@H]2[C@@H]3C[C@H](C)C4=CC(=O)CC[C@]4(C)[C@H]3CC[C@@]21C.C[C@]12CC[C@@H]3c4ccc(OS(=O)(=O)[O-])cc4CC[C@H]3[C@@H]1CCC2=O.C[C@]12CC[C@H]3C(=CCc4cc(OS(=O)(=O)[O-])ccc43)[C@@H]1CCC2=O.[Na+].[Na+]. The molecule has 14 nitrogen and oxygen atoms in total. The Morgan fingerprint density at radius 1 is 0.628 bits per heavy atom. The number of allylic oxidation sites excluding steroid dienone is 3. The molecular formula is C60H74Na2O14S2. The van der Waals surface area contributed by atoms with Crippen LogP contribution in [0.3, 0.4) is 0 Å². The van der Waals surface area contributed by atoms with E-state index in [1.165, 1.54) is 29.2 Å². The summed E-state index contributed by atoms with van der Waals surface area (Å²) < 4.78 is 79.4. The van der Waals surface area contributed by atoms with E-state index in [0.29, 0.717) is 91.0 Å². The number of aryl methyl sites for hydroxylation is 1. The van der Waals surface area contributed by atoms with Gasteiger partial charge in [0.05, 0.1) is 0 Å². The van der Waals surface area contributed by atoms with Gasteiger partial charge >= 0.3 is 65.1 Å². The molecule has 7 saturated carbocycles. The van der Waals surface area contributed by atoms with Crippen LogP contribution in [-0.4, -0.2) is 60.6 Å². The summed E-state index contributed by atoms with van der Waals surface area (Å²) in [5.41, 5.74) is 5.72. The van der Waals surface area contributed by atoms with Gasteiger partial charge in [0.2, 0.25) is 0 Å². The largest absolute Gasteiger partial charge is 1.00 e. The minimum absolute atomic E-state index is 0. The number of hydrogen-bond donors (Lipinski definition) is 0. The molecule has 7 fully saturated rings. The number of ketones is 4. The third-order valence-electron chi connectivity index (χ3n) is 22.0. The summed E-state index contributed by atoms with van der Waals surface area (Å²) in [6, 6.07) is 10.2. The van der Waals surface area contributed by atoms with Gasteiger partial charge < -0.3 is 22.2 Å². The van der Waals surface area contributed by atoms with Gasteiger partial charge in [0.25, 0.3) is 20.8 Å². The average molecular weight is 1130 g/mol. The Hall–Kier alpha value is -2.51. The van der Waals surface area contributed by atoms with Crippen LogP contribution in [0.25, 0.3) is 0 Å². The smallest absolute Gasteiger partial charge is 0.716 e. The quantitative estimate of drug-likeness (QED) is 0.128. The number of benzene rings is 2. The first-order valence-electron chi connectivity index (χ1n) is 27.9. The second-order valence-corrected chi connectivity index (χ2v) is 27.4. The van der Waals surface area contributed by atoms with Crippen LogP contribution in [0.5, 0.6) is 11.5 Å². The van der Waals surface area contributed by atoms with Gasteiger partial charge in [0.15, 0.2) is 17.2 Å². The van der Waals surface area contributed by atoms with Crippen LogP contribution >= 0.6 is 0 Å². The molecule has 14 atom stereocenters. The van der Waals surface area contributed by atoms with Crippen molar-refractivity contribution in [1.29, 1.82) is 0 Å². The molecule has 18 heteroatoms. The zero-order chi connectivity index (χ0) is 54.7. The maximum absolute atomic E-state index is 12.8. The van der Waals surface area contributed by atoms with Crippen molar-refractivity contribution in [2.24, 2.45) is 63.1 Å². The summed E-state index contributed by atoms with van der Waals surface area (Å²) in [7, 11) is -9.50. The Labute approximate surface area is 505 Å². The molecule has 0 aromatic heterocycles. The molecule has 412 valence electrons. The molecule has 0 unspecified atom stereocenters. The van der Waals surface area contributed by atoms with Crippen molar-refractivity contribution in [2.75, 3.05) is 0 Å². The first kappa shape index (κ1) is 61.6. The van der Waals surface area contributed by atoms with Gasteiger partial charge in [-0.1, -0.05) is 64.0 Å². The van der Waals surface area contributed by atoms with Crippen molar-refractivity contribution >= 4 is 49.9 Å². The van der Waals surface area contributed by atoms with Crippen molar-refractivity contribution in [2.45, 2.75) is 181 Å². The number of carbonyl (C=O) groups excluding carboxylic acids is 5. The van der Waals surface area contributed by atoms with E-state index in [1.54, 1.807) is 31.2 Å². The number of hydrogen-bond acceptors (Lipinski definition) is 14. The summed E-state index contributed by atoms with van der Waals surface area (Å²) in [4.78, 5) is 61.4. The van der Waals surface area contributed by atoms with E-state index >= 15 is 0 Å². The van der Waals surface area contributed by atoms with E-state index in [1.807, 2.05) is 18.2 Å². The third-order valence-corrected chi connectivity index (χ3v) is 22.8. The Morgan fingerprint density at radius 2 is 1.23 bits per heavy atom. The zero-order valence-corrected chi connectivity index (χ0v) is 52.7. The topological polar surface area (TPSA) is 227 Å². The van der Waals surface area contributed by atoms with Gasteiger partial charge in [0, 0.05) is 48.3 Å². The molecular weight excluding hydrogens is 1050 g/mol. The molecule has 0 saturated heterocycles. The number of Topliss-reactive ketones (excluding diaryl/α,β-unsaturated/α-hetero) is 3. The van der Waals surface area contributed by atoms with Crippen LogP contribution in [0.4, 0.5) is 0 Å². The minimum atomic E-state index is -4.76. The van der Waals surface area contributed by atoms with Crippen LogP contribution in [0, 0.1) is 63.1 Å². The summed E-state index contributed by atoms with van der Waals surface area (Å²) in [5, 5.41) is 0. The molecule has 10 aliphatic carbocycles. The van der Waals surface area contributed by atoms with Crippen LogP contribution in [0.2, 0.25) is 0 Å². The first-order valence-corrected chi connectivity index (χ1v) is 30.6. The van der Waals surface area contributed by atoms with Crippen LogP contribution in [0.15, 0.2) is 59.7 Å². The summed E-state index contributed by atoms with van der Waals surface area (Å²) in [5.74, 6) is 4.84. The molecule has 0 bridgehead atoms. The van der Waals surface area contributed by atoms with Crippen molar-refractivity contribution in [3.05, 3.63) is 82.0 Å². The second kappa shape index (κ2) is 22.2. The van der Waals surface area contributed by atoms with Crippen molar-refractivity contribution in [1.82, 2.24) is 0 Å². The number of esters is 1. The van der Waals surface area contributed by atoms with Gasteiger partial charge in [0.1, 0.15) is 23.1 Å². The van der Waals surface area contributed by atoms with Crippen molar-refractivity contribution in [3.8, 4) is 11.5 Å². The Bertz CT molecular complexity index is 3080. The molecule has 10 aliphatic rings. The molecule has 0 heterocycles. The van der Waals surface area contributed by atoms with E-state index in [4.69, 9.17) is 4.74 Å². The second-order valence-electron chi connectivity index (χ2n) is 25.4. The van der Waals surface area contributed by atoms with Gasteiger partial charge in [-0.3, -0.25) is 24.0 Å². The maximum atomic E-state index is 12.8. The predicted molar refractivity (Wildman–Crippen MR) is 279 cm³/mol. The number of fused-ring (bicyclic) bond motifs is 15. The van der Waals surface area contributed by atoms with E-state index in [9.17, 15) is 49.9 Å². The fourth-order valence-corrected chi connectivity index (χ4v) is 19.1. The predicted octanol–water partition coefficient (Wildman–Crippen LogP) is 4.48. The summed E-state index contributed by atoms with van der Waals surface area (Å²) in [6.07, 6.45) is 20.0. The van der Waals surface area contributed by atoms with Gasteiger partial charge in [-0.25, -0.2) is 16.8 Å². The molecule has 0 spiro atoms. The third kappa shape index (κ3) is 10.8. The van der Waals surface area contributed by atoms with E-state index in [2.05, 4.69) is 49.1 Å². The summed E-state index contributed by atoms with van der Waals surface area (Å²) in [6.45, 7) is 14.1. The van der Waals surface area contributed by atoms with Crippen molar-refractivity contribution < 1.29 is 122 Å². The normalized spacial score (nSPS) is 37.6. The molecule has 0 amide bonds. The minimum Gasteiger partial charge on any atom is -0.716 e. The van der Waals surface area contributed by atoms with Gasteiger partial charge in [-0.15, -0.1) is 0 Å². The van der Waals surface area contributed by atoms with E-state index in [0.717, 1.165) is 94.6 Å². The maximum Gasteiger partial charge on any atom is 1.00 e. The fourth-order valence-electron chi connectivity index (χ4n) is 18.4. The molecule has 0 N–H and O–H groups in total. The zero-order valence-electron chi connectivity index (χ0n) is 47.1. The van der Waals surface area contributed by atoms with Gasteiger partial charge in [-0.2, -0.15) is 0 Å². The van der Waals surface area contributed by atoms with Gasteiger partial charge in [-0.05, 0) is 209 Å². The molecule has 78 heavy (non-hydrogen) atoms. The van der Waals surface area contributed by atoms with Crippen LogP contribution in [-0.2, 0) is 62.3 Å². The van der Waals surface area contributed by atoms with E-state index < -0.39 is 26.4 Å². The summed E-state index contributed by atoms with van der Waals surface area (Å²) >= 11 is 0. The Balaban J connectivity index is 0.000000153. The standard InChI is InChI=1S/C24H34O4.C18H22O5S.C18H20O5S.2Na/c1-14-12-18-19(22(4)9-6-17(27)13-21(14)22)7-10-23(5)20(18)8-11-24(23,15(2)25)28-16(3)26;2*1-18-9-8-14-13-5-3-12(23-24(20,21)22)10-11(13)2-4-15(14)16(18)6-7-17(18)19;;/h13-14,18-20H,6-12H2,1-5H3;3,5,10,14-16H,2,4,6-9H2,1H3,(H,20,21,22);3-5,10,14,16H,2,6-9H2,1H3,(H,20,21,22);;/q;;;2*+1/p-2/t14-,18+,19-,20-,22+,23-,24-;14-,15-,16+,18+;14-,16+,18+;;/m011../s1. The monoisotopic (exact) mass is 1130 g/mol. The van der Waals surface area contributed by atoms with Crippen molar-refractivity contribution in [3.63, 3.8) is 0 Å². The molecule has 12 rings (SSSR count). The molecule has 0 aliphatic heterocycles. The Kier molecular flexibility index (Phi) is 17.6. The fraction of sp³-hybridized carbons (Fsp3) is 0.650. The molecule has 0 radical (unpaired) electrons. The number of carbonyl (C=O) groups is 5. The van der Waals surface area contributed by atoms with Crippen LogP contribution < -0.4 is 67.5 Å². The first-order chi connectivity index (χ1) is 35.6. The number of rotatable bonds is 6. The average Bonchev–Trinajstić information content (AvgIpc) is 3.94.